The standard InChI is InChI=1S/C15H17N3O2/c1-10(2)9-17-15-12(8-16)18-14(20-15)11-6-4-5-7-13(11)19-3/h4-7,10,17H,9H2,1-3H3. The van der Waals surface area contributed by atoms with Crippen LogP contribution in [-0.2, 0) is 0 Å². The third-order valence-corrected chi connectivity index (χ3v) is 2.74. The number of hydrogen-bond donors (Lipinski definition) is 1. The molecule has 0 bridgehead atoms. The van der Waals surface area contributed by atoms with E-state index in [4.69, 9.17) is 14.4 Å². The van der Waals surface area contributed by atoms with Gasteiger partial charge in [0.1, 0.15) is 11.8 Å². The Balaban J connectivity index is 2.36. The average Bonchev–Trinajstić information content (AvgIpc) is 2.88. The maximum Gasteiger partial charge on any atom is 0.233 e. The van der Waals surface area contributed by atoms with E-state index in [1.807, 2.05) is 30.3 Å². The number of aromatic nitrogens is 1. The molecule has 0 aliphatic heterocycles. The van der Waals surface area contributed by atoms with Crippen LogP contribution in [0.5, 0.6) is 5.75 Å². The average molecular weight is 271 g/mol. The number of benzene rings is 1. The first-order valence-corrected chi connectivity index (χ1v) is 6.44. The Kier molecular flexibility index (Phi) is 4.26. The molecule has 1 aromatic heterocycles. The van der Waals surface area contributed by atoms with E-state index in [9.17, 15) is 0 Å². The fourth-order valence-corrected chi connectivity index (χ4v) is 1.75. The van der Waals surface area contributed by atoms with E-state index < -0.39 is 0 Å². The van der Waals surface area contributed by atoms with Gasteiger partial charge >= 0.3 is 0 Å². The SMILES string of the molecule is COc1ccccc1-c1nc(C#N)c(NCC(C)C)o1. The fraction of sp³-hybridized carbons (Fsp3) is 0.333. The summed E-state index contributed by atoms with van der Waals surface area (Å²) >= 11 is 0. The Morgan fingerprint density at radius 3 is 2.80 bits per heavy atom. The second-order valence-corrected chi connectivity index (χ2v) is 4.78. The predicted octanol–water partition coefficient (Wildman–Crippen LogP) is 3.29. The molecule has 104 valence electrons. The van der Waals surface area contributed by atoms with Crippen molar-refractivity contribution in [2.75, 3.05) is 19.0 Å². The molecule has 0 saturated heterocycles. The lowest BCUT2D eigenvalue weighted by Crippen LogP contribution is -2.08. The van der Waals surface area contributed by atoms with Crippen molar-refractivity contribution in [1.82, 2.24) is 4.98 Å². The topological polar surface area (TPSA) is 71.1 Å². The third-order valence-electron chi connectivity index (χ3n) is 2.74. The molecule has 0 aliphatic rings. The molecule has 1 N–H and O–H groups in total. The number of rotatable bonds is 5. The van der Waals surface area contributed by atoms with Crippen molar-refractivity contribution in [1.29, 1.82) is 5.26 Å². The molecule has 0 fully saturated rings. The first-order chi connectivity index (χ1) is 9.65. The van der Waals surface area contributed by atoms with Crippen LogP contribution >= 0.6 is 0 Å². The van der Waals surface area contributed by atoms with Crippen LogP contribution in [0.4, 0.5) is 5.88 Å². The second-order valence-electron chi connectivity index (χ2n) is 4.78. The lowest BCUT2D eigenvalue weighted by atomic mass is 10.2. The number of para-hydroxylation sites is 1. The molecule has 0 saturated carbocycles. The molecule has 1 heterocycles. The molecule has 0 amide bonds. The molecule has 1 aromatic carbocycles. The Hall–Kier alpha value is -2.48. The minimum atomic E-state index is 0.256. The van der Waals surface area contributed by atoms with Crippen molar-refractivity contribution in [3.8, 4) is 23.3 Å². The van der Waals surface area contributed by atoms with Crippen molar-refractivity contribution in [3.05, 3.63) is 30.0 Å². The Morgan fingerprint density at radius 1 is 1.40 bits per heavy atom. The summed E-state index contributed by atoms with van der Waals surface area (Å²) in [5, 5.41) is 12.2. The number of ether oxygens (including phenoxy) is 1. The number of oxazole rings is 1. The van der Waals surface area contributed by atoms with Gasteiger partial charge in [-0.3, -0.25) is 0 Å². The quantitative estimate of drug-likeness (QED) is 0.903. The van der Waals surface area contributed by atoms with E-state index in [1.54, 1.807) is 7.11 Å². The van der Waals surface area contributed by atoms with Gasteiger partial charge in [0.15, 0.2) is 0 Å². The van der Waals surface area contributed by atoms with Gasteiger partial charge in [-0.25, -0.2) is 0 Å². The summed E-state index contributed by atoms with van der Waals surface area (Å²) in [5.41, 5.74) is 0.982. The highest BCUT2D eigenvalue weighted by Gasteiger charge is 2.17. The summed E-state index contributed by atoms with van der Waals surface area (Å²) in [6, 6.07) is 9.45. The maximum absolute atomic E-state index is 9.13. The van der Waals surface area contributed by atoms with Crippen LogP contribution in [0.25, 0.3) is 11.5 Å². The van der Waals surface area contributed by atoms with Crippen molar-refractivity contribution in [3.63, 3.8) is 0 Å². The van der Waals surface area contributed by atoms with E-state index in [-0.39, 0.29) is 5.69 Å². The van der Waals surface area contributed by atoms with Gasteiger partial charge in [0.2, 0.25) is 17.5 Å². The Morgan fingerprint density at radius 2 is 2.15 bits per heavy atom. The summed E-state index contributed by atoms with van der Waals surface area (Å²) < 4.78 is 10.9. The maximum atomic E-state index is 9.13. The molecule has 0 atom stereocenters. The van der Waals surface area contributed by atoms with Crippen LogP contribution in [0.15, 0.2) is 28.7 Å². The normalized spacial score (nSPS) is 10.3. The van der Waals surface area contributed by atoms with E-state index in [2.05, 4.69) is 24.1 Å². The number of nitrogens with one attached hydrogen (secondary N) is 1. The first kappa shape index (κ1) is 13.9. The highest BCUT2D eigenvalue weighted by Crippen LogP contribution is 2.31. The van der Waals surface area contributed by atoms with Crippen LogP contribution in [-0.4, -0.2) is 18.6 Å². The van der Waals surface area contributed by atoms with Gasteiger partial charge in [0.05, 0.1) is 12.7 Å². The molecule has 5 heteroatoms. The molecule has 5 nitrogen and oxygen atoms in total. The summed E-state index contributed by atoms with van der Waals surface area (Å²) in [4.78, 5) is 4.22. The molecule has 2 rings (SSSR count). The van der Waals surface area contributed by atoms with Gasteiger partial charge in [0.25, 0.3) is 0 Å². The van der Waals surface area contributed by atoms with E-state index >= 15 is 0 Å². The van der Waals surface area contributed by atoms with Gasteiger partial charge in [-0.2, -0.15) is 10.2 Å². The van der Waals surface area contributed by atoms with Gasteiger partial charge in [-0.15, -0.1) is 0 Å². The zero-order chi connectivity index (χ0) is 14.5. The number of nitrogens with zero attached hydrogens (tertiary/aromatic N) is 2. The number of hydrogen-bond acceptors (Lipinski definition) is 5. The molecular formula is C15H17N3O2. The Bertz CT molecular complexity index is 626. The monoisotopic (exact) mass is 271 g/mol. The highest BCUT2D eigenvalue weighted by atomic mass is 16.5. The van der Waals surface area contributed by atoms with Crippen molar-refractivity contribution >= 4 is 5.88 Å². The van der Waals surface area contributed by atoms with Crippen LogP contribution < -0.4 is 10.1 Å². The van der Waals surface area contributed by atoms with Crippen LogP contribution in [0.3, 0.4) is 0 Å². The minimum absolute atomic E-state index is 0.256. The molecule has 2 aromatic rings. The largest absolute Gasteiger partial charge is 0.496 e. The fourth-order valence-electron chi connectivity index (χ4n) is 1.75. The molecule has 0 aliphatic carbocycles. The molecule has 0 spiro atoms. The lowest BCUT2D eigenvalue weighted by Gasteiger charge is -2.06. The lowest BCUT2D eigenvalue weighted by molar-refractivity contribution is 0.414. The van der Waals surface area contributed by atoms with Crippen molar-refractivity contribution < 1.29 is 9.15 Å². The number of methoxy groups -OCH3 is 1. The smallest absolute Gasteiger partial charge is 0.233 e. The van der Waals surface area contributed by atoms with Crippen LogP contribution in [0.2, 0.25) is 0 Å². The summed E-state index contributed by atoms with van der Waals surface area (Å²) in [5.74, 6) is 1.89. The molecule has 0 radical (unpaired) electrons. The van der Waals surface area contributed by atoms with Gasteiger partial charge in [-0.05, 0) is 18.1 Å². The second kappa shape index (κ2) is 6.11. The highest BCUT2D eigenvalue weighted by molar-refractivity contribution is 5.65. The summed E-state index contributed by atoms with van der Waals surface area (Å²) in [7, 11) is 1.59. The molecule has 0 unspecified atom stereocenters. The van der Waals surface area contributed by atoms with E-state index in [0.29, 0.717) is 23.4 Å². The Labute approximate surface area is 118 Å². The van der Waals surface area contributed by atoms with E-state index in [0.717, 1.165) is 12.1 Å². The third kappa shape index (κ3) is 2.91. The number of nitriles is 1. The minimum Gasteiger partial charge on any atom is -0.496 e. The first-order valence-electron chi connectivity index (χ1n) is 6.44. The zero-order valence-corrected chi connectivity index (χ0v) is 11.8. The molecule has 20 heavy (non-hydrogen) atoms. The van der Waals surface area contributed by atoms with Crippen molar-refractivity contribution in [2.24, 2.45) is 5.92 Å². The van der Waals surface area contributed by atoms with Gasteiger partial charge in [-0.1, -0.05) is 26.0 Å². The van der Waals surface area contributed by atoms with Crippen LogP contribution in [0.1, 0.15) is 19.5 Å². The number of anilines is 1. The zero-order valence-electron chi connectivity index (χ0n) is 11.8. The van der Waals surface area contributed by atoms with E-state index in [1.165, 1.54) is 0 Å². The molecular weight excluding hydrogens is 254 g/mol. The van der Waals surface area contributed by atoms with Gasteiger partial charge < -0.3 is 14.5 Å². The van der Waals surface area contributed by atoms with Crippen LogP contribution in [0, 0.1) is 17.2 Å². The predicted molar refractivity (Wildman–Crippen MR) is 76.5 cm³/mol. The summed E-state index contributed by atoms with van der Waals surface area (Å²) in [6.45, 7) is 4.88. The van der Waals surface area contributed by atoms with Gasteiger partial charge in [0, 0.05) is 6.54 Å². The van der Waals surface area contributed by atoms with Crippen molar-refractivity contribution in [2.45, 2.75) is 13.8 Å². The summed E-state index contributed by atoms with van der Waals surface area (Å²) in [6.07, 6.45) is 0.